The summed E-state index contributed by atoms with van der Waals surface area (Å²) in [5.41, 5.74) is -2.84. The van der Waals surface area contributed by atoms with Crippen molar-refractivity contribution in [3.05, 3.63) is 48.2 Å². The van der Waals surface area contributed by atoms with Crippen molar-refractivity contribution >= 4 is 12.0 Å². The Morgan fingerprint density at radius 1 is 1.11 bits per heavy atom. The number of aromatic hydroxyl groups is 1. The van der Waals surface area contributed by atoms with Crippen LogP contribution in [0.3, 0.4) is 0 Å². The third-order valence-corrected chi connectivity index (χ3v) is 6.86. The first-order valence-corrected chi connectivity index (χ1v) is 11.4. The highest BCUT2D eigenvalue weighted by molar-refractivity contribution is 5.87. The number of aliphatic hydroxyl groups is 6. The molecule has 1 aromatic rings. The molecule has 36 heavy (non-hydrogen) atoms. The fourth-order valence-electron chi connectivity index (χ4n) is 4.94. The Morgan fingerprint density at radius 2 is 1.81 bits per heavy atom. The van der Waals surface area contributed by atoms with E-state index in [1.807, 2.05) is 0 Å². The monoisotopic (exact) mass is 510 g/mol. The number of fused-ring (bicyclic) bond motifs is 1. The molecule has 0 aromatic heterocycles. The quantitative estimate of drug-likeness (QED) is 0.173. The second kappa shape index (κ2) is 10.1. The zero-order valence-electron chi connectivity index (χ0n) is 19.3. The van der Waals surface area contributed by atoms with Gasteiger partial charge in [0.05, 0.1) is 24.9 Å². The third-order valence-electron chi connectivity index (χ3n) is 6.86. The standard InChI is InChI=1S/C24H30O12/c1-23(36-16(28)7-4-12-2-5-13(26)6-3-12)10-15(27)24(32)8-9-33-22(20(23)24)35-21-19(31)18(30)17(29)14(11-25)34-21/h2-9,14-15,17-22,25-27,29-32H,10-11H2,1H3/b7-4+/t14?,15?,17?,18?,19?,20-,21+,22?,23+,24-/m0/s1. The zero-order valence-corrected chi connectivity index (χ0v) is 19.3. The van der Waals surface area contributed by atoms with Gasteiger partial charge in [0.25, 0.3) is 0 Å². The van der Waals surface area contributed by atoms with E-state index >= 15 is 0 Å². The first-order valence-electron chi connectivity index (χ1n) is 11.4. The van der Waals surface area contributed by atoms with Crippen molar-refractivity contribution in [1.82, 2.24) is 0 Å². The normalized spacial score (nSPS) is 42.2. The molecule has 1 saturated carbocycles. The van der Waals surface area contributed by atoms with E-state index in [4.69, 9.17) is 18.9 Å². The van der Waals surface area contributed by atoms with E-state index in [1.54, 1.807) is 12.1 Å². The molecule has 10 atom stereocenters. The van der Waals surface area contributed by atoms with Crippen molar-refractivity contribution in [2.75, 3.05) is 6.61 Å². The van der Waals surface area contributed by atoms with Crippen LogP contribution in [0.2, 0.25) is 0 Å². The predicted octanol–water partition coefficient (Wildman–Crippen LogP) is -1.49. The van der Waals surface area contributed by atoms with Crippen LogP contribution in [0.15, 0.2) is 42.7 Å². The molecule has 0 spiro atoms. The smallest absolute Gasteiger partial charge is 0.331 e. The number of phenolic OH excluding ortho intramolecular Hbond substituents is 1. The summed E-state index contributed by atoms with van der Waals surface area (Å²) in [5.74, 6) is -1.93. The van der Waals surface area contributed by atoms with Gasteiger partial charge in [-0.25, -0.2) is 4.79 Å². The molecule has 0 bridgehead atoms. The number of rotatable bonds is 6. The molecule has 2 fully saturated rings. The number of esters is 1. The van der Waals surface area contributed by atoms with E-state index in [-0.39, 0.29) is 12.2 Å². The molecule has 12 heteroatoms. The maximum absolute atomic E-state index is 12.7. The largest absolute Gasteiger partial charge is 0.508 e. The minimum atomic E-state index is -1.94. The molecular formula is C24H30O12. The molecule has 6 unspecified atom stereocenters. The van der Waals surface area contributed by atoms with Crippen molar-refractivity contribution in [2.45, 2.75) is 67.6 Å². The highest BCUT2D eigenvalue weighted by Gasteiger charge is 2.66. The van der Waals surface area contributed by atoms with Gasteiger partial charge in [0.15, 0.2) is 6.29 Å². The molecule has 2 aliphatic heterocycles. The number of benzene rings is 1. The minimum Gasteiger partial charge on any atom is -0.508 e. The topological polar surface area (TPSA) is 196 Å². The number of hydrogen-bond acceptors (Lipinski definition) is 12. The molecular weight excluding hydrogens is 480 g/mol. The Balaban J connectivity index is 1.54. The van der Waals surface area contributed by atoms with Crippen molar-refractivity contribution in [3.63, 3.8) is 0 Å². The molecule has 12 nitrogen and oxygen atoms in total. The highest BCUT2D eigenvalue weighted by atomic mass is 16.8. The maximum atomic E-state index is 12.7. The lowest BCUT2D eigenvalue weighted by Crippen LogP contribution is -2.62. The second-order valence-electron chi connectivity index (χ2n) is 9.38. The van der Waals surface area contributed by atoms with E-state index in [1.165, 1.54) is 31.2 Å². The summed E-state index contributed by atoms with van der Waals surface area (Å²) in [4.78, 5) is 12.7. The van der Waals surface area contributed by atoms with Gasteiger partial charge < -0.3 is 54.7 Å². The van der Waals surface area contributed by atoms with Crippen LogP contribution in [0.4, 0.5) is 0 Å². The molecule has 0 amide bonds. The van der Waals surface area contributed by atoms with Crippen LogP contribution in [0, 0.1) is 5.92 Å². The van der Waals surface area contributed by atoms with E-state index < -0.39 is 72.8 Å². The van der Waals surface area contributed by atoms with E-state index in [0.717, 1.165) is 12.3 Å². The fraction of sp³-hybridized carbons (Fsp3) is 0.542. The van der Waals surface area contributed by atoms with E-state index in [9.17, 15) is 40.5 Å². The molecule has 1 saturated heterocycles. The van der Waals surface area contributed by atoms with Crippen molar-refractivity contribution in [1.29, 1.82) is 0 Å². The van der Waals surface area contributed by atoms with Gasteiger partial charge in [-0.3, -0.25) is 0 Å². The lowest BCUT2D eigenvalue weighted by atomic mass is 9.81. The summed E-state index contributed by atoms with van der Waals surface area (Å²) in [7, 11) is 0. The van der Waals surface area contributed by atoms with E-state index in [0.29, 0.717) is 5.56 Å². The molecule has 7 N–H and O–H groups in total. The Labute approximate surface area is 206 Å². The van der Waals surface area contributed by atoms with Gasteiger partial charge in [-0.15, -0.1) is 0 Å². The molecule has 1 aliphatic carbocycles. The first-order chi connectivity index (χ1) is 17.0. The average molecular weight is 510 g/mol. The molecule has 1 aromatic carbocycles. The van der Waals surface area contributed by atoms with Crippen LogP contribution < -0.4 is 0 Å². The molecule has 3 aliphatic rings. The lowest BCUT2D eigenvalue weighted by molar-refractivity contribution is -0.351. The minimum absolute atomic E-state index is 0.0669. The van der Waals surface area contributed by atoms with Gasteiger partial charge in [0.2, 0.25) is 6.29 Å². The van der Waals surface area contributed by atoms with Crippen LogP contribution in [0.5, 0.6) is 5.75 Å². The number of carbonyl (C=O) groups excluding carboxylic acids is 1. The number of ether oxygens (including phenoxy) is 4. The van der Waals surface area contributed by atoms with Gasteiger partial charge in [0.1, 0.15) is 41.4 Å². The highest BCUT2D eigenvalue weighted by Crippen LogP contribution is 2.51. The van der Waals surface area contributed by atoms with Crippen LogP contribution in [0.25, 0.3) is 6.08 Å². The van der Waals surface area contributed by atoms with E-state index in [2.05, 4.69) is 0 Å². The summed E-state index contributed by atoms with van der Waals surface area (Å²) < 4.78 is 22.2. The third kappa shape index (κ3) is 4.86. The van der Waals surface area contributed by atoms with Crippen LogP contribution in [-0.2, 0) is 23.7 Å². The van der Waals surface area contributed by atoms with Gasteiger partial charge in [0, 0.05) is 12.5 Å². The van der Waals surface area contributed by atoms with Crippen molar-refractivity contribution < 1.29 is 59.5 Å². The fourth-order valence-corrected chi connectivity index (χ4v) is 4.94. The number of carbonyl (C=O) groups is 1. The summed E-state index contributed by atoms with van der Waals surface area (Å²) in [6.45, 7) is 0.808. The molecule has 198 valence electrons. The number of aliphatic hydroxyl groups excluding tert-OH is 5. The average Bonchev–Trinajstić information content (AvgIpc) is 3.04. The molecule has 4 rings (SSSR count). The molecule has 0 radical (unpaired) electrons. The van der Waals surface area contributed by atoms with Crippen LogP contribution >= 0.6 is 0 Å². The Hall–Kier alpha value is -2.55. The predicted molar refractivity (Wildman–Crippen MR) is 120 cm³/mol. The first kappa shape index (κ1) is 26.5. The summed E-state index contributed by atoms with van der Waals surface area (Å²) in [6, 6.07) is 6.07. The SMILES string of the molecule is C[C@@]1(OC(=O)/C=C/c2ccc(O)cc2)CC(O)[C@@]2(O)C=COC(O[C@H]3OC(CO)C(O)C(O)C3O)[C@@H]12. The van der Waals surface area contributed by atoms with Gasteiger partial charge in [-0.2, -0.15) is 0 Å². The Morgan fingerprint density at radius 3 is 2.47 bits per heavy atom. The Kier molecular flexibility index (Phi) is 7.42. The van der Waals surface area contributed by atoms with Crippen LogP contribution in [-0.4, -0.2) is 103 Å². The second-order valence-corrected chi connectivity index (χ2v) is 9.38. The maximum Gasteiger partial charge on any atom is 0.331 e. The van der Waals surface area contributed by atoms with Crippen LogP contribution in [0.1, 0.15) is 18.9 Å². The van der Waals surface area contributed by atoms with Crippen molar-refractivity contribution in [3.8, 4) is 5.75 Å². The van der Waals surface area contributed by atoms with Gasteiger partial charge in [-0.1, -0.05) is 12.1 Å². The number of phenols is 1. The summed E-state index contributed by atoms with van der Waals surface area (Å²) in [6.07, 6.45) is -5.96. The summed E-state index contributed by atoms with van der Waals surface area (Å²) in [5, 5.41) is 71.1. The lowest BCUT2D eigenvalue weighted by Gasteiger charge is -2.45. The summed E-state index contributed by atoms with van der Waals surface area (Å²) >= 11 is 0. The Bertz CT molecular complexity index is 993. The number of hydrogen-bond donors (Lipinski definition) is 7. The van der Waals surface area contributed by atoms with Crippen molar-refractivity contribution in [2.24, 2.45) is 5.92 Å². The van der Waals surface area contributed by atoms with Gasteiger partial charge in [-0.05, 0) is 36.8 Å². The molecule has 2 heterocycles. The zero-order chi connectivity index (χ0) is 26.3. The van der Waals surface area contributed by atoms with Gasteiger partial charge >= 0.3 is 5.97 Å².